The van der Waals surface area contributed by atoms with Crippen molar-refractivity contribution in [2.24, 2.45) is 11.3 Å². The van der Waals surface area contributed by atoms with Gasteiger partial charge >= 0.3 is 5.97 Å². The molecule has 0 aliphatic heterocycles. The zero-order chi connectivity index (χ0) is 13.3. The summed E-state index contributed by atoms with van der Waals surface area (Å²) in [5.74, 6) is -0.236. The maximum Gasteiger partial charge on any atom is 0.335 e. The largest absolute Gasteiger partial charge is 0.478 e. The molecular formula is C14H18BrNO2. The van der Waals surface area contributed by atoms with Crippen LogP contribution in [0, 0.1) is 11.3 Å². The molecule has 3 nitrogen and oxygen atoms in total. The highest BCUT2D eigenvalue weighted by Crippen LogP contribution is 2.51. The van der Waals surface area contributed by atoms with Crippen molar-refractivity contribution in [1.82, 2.24) is 0 Å². The smallest absolute Gasteiger partial charge is 0.335 e. The van der Waals surface area contributed by atoms with Crippen LogP contribution in [0.15, 0.2) is 22.7 Å². The number of carboxylic acid groups (broad SMARTS) is 1. The number of hydrogen-bond donors (Lipinski definition) is 2. The van der Waals surface area contributed by atoms with Gasteiger partial charge in [-0.15, -0.1) is 0 Å². The predicted molar refractivity (Wildman–Crippen MR) is 76.1 cm³/mol. The molecule has 0 heterocycles. The molecule has 1 aromatic rings. The van der Waals surface area contributed by atoms with Crippen molar-refractivity contribution < 1.29 is 9.90 Å². The number of hydrogen-bond acceptors (Lipinski definition) is 2. The van der Waals surface area contributed by atoms with Crippen LogP contribution in [0.25, 0.3) is 0 Å². The number of benzene rings is 1. The van der Waals surface area contributed by atoms with E-state index in [1.807, 2.05) is 6.07 Å². The third-order valence-corrected chi connectivity index (χ3v) is 4.36. The standard InChI is InChI=1S/C14H18BrNO2/c1-9(2)14(3-4-14)8-16-12-6-10(13(17)18)5-11(15)7-12/h5-7,9,16H,3-4,8H2,1-2H3,(H,17,18). The zero-order valence-electron chi connectivity index (χ0n) is 10.7. The average Bonchev–Trinajstić information content (AvgIpc) is 3.06. The van der Waals surface area contributed by atoms with E-state index in [2.05, 4.69) is 35.1 Å². The van der Waals surface area contributed by atoms with Crippen LogP contribution >= 0.6 is 15.9 Å². The van der Waals surface area contributed by atoms with Gasteiger partial charge in [0.2, 0.25) is 0 Å². The lowest BCUT2D eigenvalue weighted by atomic mass is 9.92. The lowest BCUT2D eigenvalue weighted by Crippen LogP contribution is -2.21. The summed E-state index contributed by atoms with van der Waals surface area (Å²) >= 11 is 3.34. The van der Waals surface area contributed by atoms with Crippen molar-refractivity contribution in [3.8, 4) is 0 Å². The number of nitrogens with one attached hydrogen (secondary N) is 1. The molecule has 1 fully saturated rings. The minimum atomic E-state index is -0.899. The van der Waals surface area contributed by atoms with Gasteiger partial charge in [0.05, 0.1) is 5.56 Å². The Kier molecular flexibility index (Phi) is 3.66. The lowest BCUT2D eigenvalue weighted by molar-refractivity contribution is 0.0697. The first-order valence-electron chi connectivity index (χ1n) is 6.21. The van der Waals surface area contributed by atoms with E-state index in [0.717, 1.165) is 16.7 Å². The third-order valence-electron chi connectivity index (χ3n) is 3.91. The second kappa shape index (κ2) is 4.92. The topological polar surface area (TPSA) is 49.3 Å². The summed E-state index contributed by atoms with van der Waals surface area (Å²) in [6.07, 6.45) is 2.52. The minimum Gasteiger partial charge on any atom is -0.478 e. The van der Waals surface area contributed by atoms with Gasteiger partial charge in [0, 0.05) is 16.7 Å². The average molecular weight is 312 g/mol. The molecule has 0 unspecified atom stereocenters. The van der Waals surface area contributed by atoms with Crippen LogP contribution in [0.4, 0.5) is 5.69 Å². The quantitative estimate of drug-likeness (QED) is 0.864. The van der Waals surface area contributed by atoms with E-state index in [0.29, 0.717) is 16.9 Å². The molecule has 4 heteroatoms. The fourth-order valence-corrected chi connectivity index (χ4v) is 2.71. The number of anilines is 1. The first-order chi connectivity index (χ1) is 8.43. The van der Waals surface area contributed by atoms with Crippen molar-refractivity contribution in [2.45, 2.75) is 26.7 Å². The summed E-state index contributed by atoms with van der Waals surface area (Å²) in [6.45, 7) is 5.41. The van der Waals surface area contributed by atoms with Gasteiger partial charge < -0.3 is 10.4 Å². The van der Waals surface area contributed by atoms with Crippen LogP contribution < -0.4 is 5.32 Å². The molecule has 0 atom stereocenters. The SMILES string of the molecule is CC(C)C1(CNc2cc(Br)cc(C(=O)O)c2)CC1. The first-order valence-corrected chi connectivity index (χ1v) is 7.00. The Morgan fingerprint density at radius 3 is 2.61 bits per heavy atom. The molecule has 1 aromatic carbocycles. The van der Waals surface area contributed by atoms with E-state index in [4.69, 9.17) is 5.11 Å². The number of carboxylic acids is 1. The number of aromatic carboxylic acids is 1. The molecule has 1 saturated carbocycles. The molecule has 0 radical (unpaired) electrons. The number of halogens is 1. The van der Waals surface area contributed by atoms with E-state index in [9.17, 15) is 4.79 Å². The van der Waals surface area contributed by atoms with E-state index in [1.165, 1.54) is 12.8 Å². The summed E-state index contributed by atoms with van der Waals surface area (Å²) in [6, 6.07) is 5.22. The van der Waals surface area contributed by atoms with Crippen molar-refractivity contribution >= 4 is 27.6 Å². The molecule has 2 N–H and O–H groups in total. The molecule has 18 heavy (non-hydrogen) atoms. The third kappa shape index (κ3) is 2.86. The van der Waals surface area contributed by atoms with Crippen molar-refractivity contribution in [3.05, 3.63) is 28.2 Å². The Labute approximate surface area is 116 Å². The van der Waals surface area contributed by atoms with Gasteiger partial charge in [0.25, 0.3) is 0 Å². The Balaban J connectivity index is 2.08. The predicted octanol–water partition coefficient (Wildman–Crippen LogP) is 4.00. The normalized spacial score (nSPS) is 16.7. The molecule has 0 aromatic heterocycles. The van der Waals surface area contributed by atoms with Gasteiger partial charge in [-0.3, -0.25) is 0 Å². The van der Waals surface area contributed by atoms with Gasteiger partial charge in [-0.1, -0.05) is 29.8 Å². The molecule has 1 aliphatic carbocycles. The molecule has 98 valence electrons. The Hall–Kier alpha value is -1.03. The van der Waals surface area contributed by atoms with E-state index in [-0.39, 0.29) is 0 Å². The van der Waals surface area contributed by atoms with Crippen molar-refractivity contribution in [2.75, 3.05) is 11.9 Å². The van der Waals surface area contributed by atoms with E-state index < -0.39 is 5.97 Å². The van der Waals surface area contributed by atoms with Gasteiger partial charge in [0.15, 0.2) is 0 Å². The lowest BCUT2D eigenvalue weighted by Gasteiger charge is -2.21. The maximum absolute atomic E-state index is 11.0. The molecule has 0 amide bonds. The Morgan fingerprint density at radius 2 is 2.11 bits per heavy atom. The highest BCUT2D eigenvalue weighted by molar-refractivity contribution is 9.10. The Morgan fingerprint density at radius 1 is 1.44 bits per heavy atom. The molecule has 0 bridgehead atoms. The van der Waals surface area contributed by atoms with E-state index in [1.54, 1.807) is 12.1 Å². The van der Waals surface area contributed by atoms with E-state index >= 15 is 0 Å². The number of rotatable bonds is 5. The van der Waals surface area contributed by atoms with Gasteiger partial charge in [0.1, 0.15) is 0 Å². The van der Waals surface area contributed by atoms with Crippen LogP contribution in [0.3, 0.4) is 0 Å². The van der Waals surface area contributed by atoms with Gasteiger partial charge in [-0.2, -0.15) is 0 Å². The summed E-state index contributed by atoms with van der Waals surface area (Å²) in [5.41, 5.74) is 1.58. The zero-order valence-corrected chi connectivity index (χ0v) is 12.3. The van der Waals surface area contributed by atoms with Gasteiger partial charge in [-0.05, 0) is 42.4 Å². The van der Waals surface area contributed by atoms with Crippen LogP contribution in [0.2, 0.25) is 0 Å². The summed E-state index contributed by atoms with van der Waals surface area (Å²) in [5, 5.41) is 12.4. The summed E-state index contributed by atoms with van der Waals surface area (Å²) in [7, 11) is 0. The fourth-order valence-electron chi connectivity index (χ4n) is 2.21. The first kappa shape index (κ1) is 13.4. The maximum atomic E-state index is 11.0. The summed E-state index contributed by atoms with van der Waals surface area (Å²) < 4.78 is 0.791. The van der Waals surface area contributed by atoms with Crippen LogP contribution in [-0.4, -0.2) is 17.6 Å². The monoisotopic (exact) mass is 311 g/mol. The molecule has 0 saturated heterocycles. The Bertz CT molecular complexity index is 467. The second-order valence-corrected chi connectivity index (χ2v) is 6.32. The second-order valence-electron chi connectivity index (χ2n) is 5.40. The highest BCUT2D eigenvalue weighted by atomic mass is 79.9. The highest BCUT2D eigenvalue weighted by Gasteiger charge is 2.44. The van der Waals surface area contributed by atoms with Crippen LogP contribution in [0.5, 0.6) is 0 Å². The molecule has 2 rings (SSSR count). The number of carbonyl (C=O) groups is 1. The fraction of sp³-hybridized carbons (Fsp3) is 0.500. The minimum absolute atomic E-state index is 0.307. The van der Waals surface area contributed by atoms with Crippen molar-refractivity contribution in [3.63, 3.8) is 0 Å². The summed E-state index contributed by atoms with van der Waals surface area (Å²) in [4.78, 5) is 11.0. The molecule has 0 spiro atoms. The van der Waals surface area contributed by atoms with Crippen molar-refractivity contribution in [1.29, 1.82) is 0 Å². The van der Waals surface area contributed by atoms with Crippen LogP contribution in [-0.2, 0) is 0 Å². The van der Waals surface area contributed by atoms with Crippen LogP contribution in [0.1, 0.15) is 37.0 Å². The molecule has 1 aliphatic rings. The van der Waals surface area contributed by atoms with Gasteiger partial charge in [-0.25, -0.2) is 4.79 Å². The molecular weight excluding hydrogens is 294 g/mol.